The number of hydrogen-bond acceptors (Lipinski definition) is 3. The van der Waals surface area contributed by atoms with Gasteiger partial charge in [0.1, 0.15) is 11.4 Å². The van der Waals surface area contributed by atoms with Crippen molar-refractivity contribution in [3.8, 4) is 0 Å². The maximum absolute atomic E-state index is 5.47. The second-order valence-corrected chi connectivity index (χ2v) is 3.86. The van der Waals surface area contributed by atoms with Crippen molar-refractivity contribution in [2.75, 3.05) is 14.2 Å². The van der Waals surface area contributed by atoms with Crippen molar-refractivity contribution in [2.45, 2.75) is 31.8 Å². The van der Waals surface area contributed by atoms with E-state index in [-0.39, 0.29) is 5.60 Å². The van der Waals surface area contributed by atoms with Crippen LogP contribution in [-0.4, -0.2) is 30.3 Å². The summed E-state index contributed by atoms with van der Waals surface area (Å²) in [6, 6.07) is 0. The van der Waals surface area contributed by atoms with Crippen LogP contribution in [0.2, 0.25) is 0 Å². The Morgan fingerprint density at radius 3 is 2.54 bits per heavy atom. The van der Waals surface area contributed by atoms with Crippen LogP contribution in [0, 0.1) is 0 Å². The molecule has 0 spiro atoms. The van der Waals surface area contributed by atoms with Crippen molar-refractivity contribution in [2.24, 2.45) is 0 Å². The summed E-state index contributed by atoms with van der Waals surface area (Å²) in [5.74, 6) is 1.85. The zero-order valence-corrected chi connectivity index (χ0v) is 10.8. The number of methoxy groups -OCH3 is 2. The molecule has 0 bridgehead atoms. The summed E-state index contributed by atoms with van der Waals surface area (Å²) in [5.41, 5.74) is -0.285. The quantitative estimate of drug-likeness (QED) is 0.632. The molecular formula is C9H18O3Si. The first-order valence-electron chi connectivity index (χ1n) is 4.54. The lowest BCUT2D eigenvalue weighted by molar-refractivity contribution is -0.0257. The van der Waals surface area contributed by atoms with Gasteiger partial charge in [-0.15, -0.1) is 0 Å². The van der Waals surface area contributed by atoms with Crippen LogP contribution in [0.3, 0.4) is 0 Å². The van der Waals surface area contributed by atoms with Crippen molar-refractivity contribution < 1.29 is 13.9 Å². The number of rotatable bonds is 3. The van der Waals surface area contributed by atoms with E-state index < -0.39 is 0 Å². The molecule has 1 unspecified atom stereocenters. The molecule has 0 aromatic carbocycles. The first-order chi connectivity index (χ1) is 6.18. The van der Waals surface area contributed by atoms with Gasteiger partial charge in [0.2, 0.25) is 10.5 Å². The number of ether oxygens (including phenoxy) is 2. The molecule has 0 aromatic rings. The summed E-state index contributed by atoms with van der Waals surface area (Å²) >= 11 is 0. The minimum absolute atomic E-state index is 0.285. The minimum Gasteiger partial charge on any atom is -0.554 e. The zero-order chi connectivity index (χ0) is 9.90. The molecule has 3 nitrogen and oxygen atoms in total. The smallest absolute Gasteiger partial charge is 0.203 e. The van der Waals surface area contributed by atoms with E-state index in [0.29, 0.717) is 10.5 Å². The molecule has 1 atom stereocenters. The van der Waals surface area contributed by atoms with E-state index in [1.165, 1.54) is 0 Å². The molecule has 0 amide bonds. The average molecular weight is 202 g/mol. The van der Waals surface area contributed by atoms with Crippen molar-refractivity contribution >= 4 is 10.5 Å². The van der Waals surface area contributed by atoms with Crippen molar-refractivity contribution in [1.82, 2.24) is 0 Å². The van der Waals surface area contributed by atoms with E-state index in [1.807, 2.05) is 6.92 Å². The highest BCUT2D eigenvalue weighted by Gasteiger charge is 2.36. The van der Waals surface area contributed by atoms with Crippen LogP contribution in [0.4, 0.5) is 0 Å². The lowest BCUT2D eigenvalue weighted by Crippen LogP contribution is -2.34. The second kappa shape index (κ2) is 4.15. The van der Waals surface area contributed by atoms with Crippen LogP contribution in [0.1, 0.15) is 26.2 Å². The zero-order valence-electron chi connectivity index (χ0n) is 8.85. The normalized spacial score (nSPS) is 29.2. The molecule has 0 N–H and O–H groups in total. The Balaban J connectivity index is 2.98. The molecule has 0 fully saturated rings. The molecule has 1 aliphatic carbocycles. The van der Waals surface area contributed by atoms with Crippen molar-refractivity contribution in [1.29, 1.82) is 0 Å². The Bertz CT molecular complexity index is 215. The molecular weight excluding hydrogens is 184 g/mol. The third-order valence-corrected chi connectivity index (χ3v) is 3.19. The van der Waals surface area contributed by atoms with E-state index in [9.17, 15) is 0 Å². The standard InChI is InChI=1S/C9H18O3Si/c1-9(11-3)6-4-5-7(12-13)8(9)10-2/h4-6H2,1-3,13H3. The lowest BCUT2D eigenvalue weighted by atomic mass is 9.89. The molecule has 1 aliphatic rings. The summed E-state index contributed by atoms with van der Waals surface area (Å²) < 4.78 is 16.2. The molecule has 76 valence electrons. The third-order valence-electron chi connectivity index (χ3n) is 2.69. The number of hydrogen-bond donors (Lipinski definition) is 0. The van der Waals surface area contributed by atoms with Crippen LogP contribution >= 0.6 is 0 Å². The molecule has 0 saturated carbocycles. The third kappa shape index (κ3) is 1.89. The van der Waals surface area contributed by atoms with Crippen LogP contribution in [0.15, 0.2) is 11.5 Å². The van der Waals surface area contributed by atoms with Gasteiger partial charge in [-0.25, -0.2) is 0 Å². The van der Waals surface area contributed by atoms with Gasteiger partial charge in [0, 0.05) is 13.5 Å². The van der Waals surface area contributed by atoms with Gasteiger partial charge in [0.15, 0.2) is 5.76 Å². The topological polar surface area (TPSA) is 27.7 Å². The summed E-state index contributed by atoms with van der Waals surface area (Å²) in [6.45, 7) is 2.05. The predicted octanol–water partition coefficient (Wildman–Crippen LogP) is 0.730. The monoisotopic (exact) mass is 202 g/mol. The maximum atomic E-state index is 5.47. The summed E-state index contributed by atoms with van der Waals surface area (Å²) in [7, 11) is 4.11. The van der Waals surface area contributed by atoms with Gasteiger partial charge in [-0.2, -0.15) is 0 Å². The fourth-order valence-corrected chi connectivity index (χ4v) is 2.22. The Hall–Kier alpha value is -0.483. The Kier molecular flexibility index (Phi) is 3.38. The Labute approximate surface area is 82.6 Å². The Morgan fingerprint density at radius 2 is 2.08 bits per heavy atom. The van der Waals surface area contributed by atoms with Gasteiger partial charge < -0.3 is 13.9 Å². The summed E-state index contributed by atoms with van der Waals surface area (Å²) in [6.07, 6.45) is 3.08. The van der Waals surface area contributed by atoms with Gasteiger partial charge in [-0.1, -0.05) is 0 Å². The lowest BCUT2D eigenvalue weighted by Gasteiger charge is -2.34. The molecule has 13 heavy (non-hydrogen) atoms. The fourth-order valence-electron chi connectivity index (χ4n) is 1.83. The first kappa shape index (κ1) is 10.6. The van der Waals surface area contributed by atoms with E-state index in [0.717, 1.165) is 30.8 Å². The van der Waals surface area contributed by atoms with E-state index >= 15 is 0 Å². The van der Waals surface area contributed by atoms with Gasteiger partial charge >= 0.3 is 0 Å². The van der Waals surface area contributed by atoms with Crippen LogP contribution < -0.4 is 0 Å². The molecule has 4 heteroatoms. The molecule has 0 heterocycles. The van der Waals surface area contributed by atoms with Crippen LogP contribution in [-0.2, 0) is 13.9 Å². The minimum atomic E-state index is -0.285. The fraction of sp³-hybridized carbons (Fsp3) is 0.778. The maximum Gasteiger partial charge on any atom is 0.203 e. The average Bonchev–Trinajstić information content (AvgIpc) is 2.17. The van der Waals surface area contributed by atoms with E-state index in [4.69, 9.17) is 13.9 Å². The SMILES string of the molecule is COC1=C(O[SiH3])CCCC1(C)OC. The van der Waals surface area contributed by atoms with Gasteiger partial charge in [0.25, 0.3) is 0 Å². The van der Waals surface area contributed by atoms with E-state index in [1.54, 1.807) is 14.2 Å². The largest absolute Gasteiger partial charge is 0.554 e. The van der Waals surface area contributed by atoms with Crippen LogP contribution in [0.5, 0.6) is 0 Å². The van der Waals surface area contributed by atoms with Crippen molar-refractivity contribution in [3.05, 3.63) is 11.5 Å². The highest BCUT2D eigenvalue weighted by atomic mass is 28.2. The highest BCUT2D eigenvalue weighted by molar-refractivity contribution is 5.98. The summed E-state index contributed by atoms with van der Waals surface area (Å²) in [4.78, 5) is 0. The first-order valence-corrected chi connectivity index (χ1v) is 5.36. The van der Waals surface area contributed by atoms with Gasteiger partial charge in [0.05, 0.1) is 7.11 Å². The van der Waals surface area contributed by atoms with Gasteiger partial charge in [-0.05, 0) is 19.8 Å². The second-order valence-electron chi connectivity index (χ2n) is 3.45. The predicted molar refractivity (Wildman–Crippen MR) is 54.3 cm³/mol. The molecule has 0 aliphatic heterocycles. The van der Waals surface area contributed by atoms with Crippen LogP contribution in [0.25, 0.3) is 0 Å². The summed E-state index contributed by atoms with van der Waals surface area (Å²) in [5, 5.41) is 0. The molecule has 0 saturated heterocycles. The molecule has 0 aromatic heterocycles. The van der Waals surface area contributed by atoms with Gasteiger partial charge in [-0.3, -0.25) is 0 Å². The van der Waals surface area contributed by atoms with Crippen molar-refractivity contribution in [3.63, 3.8) is 0 Å². The Morgan fingerprint density at radius 1 is 1.38 bits per heavy atom. The molecule has 0 radical (unpaired) electrons. The van der Waals surface area contributed by atoms with E-state index in [2.05, 4.69) is 0 Å². The highest BCUT2D eigenvalue weighted by Crippen LogP contribution is 2.36. The number of allylic oxidation sites excluding steroid dienone is 1. The molecule has 1 rings (SSSR count).